The summed E-state index contributed by atoms with van der Waals surface area (Å²) in [6, 6.07) is 8.10. The molecular formula is C14H21NO. The van der Waals surface area contributed by atoms with Gasteiger partial charge in [0.25, 0.3) is 0 Å². The van der Waals surface area contributed by atoms with Crippen molar-refractivity contribution in [3.8, 4) is 5.75 Å². The fourth-order valence-corrected chi connectivity index (χ4v) is 2.45. The predicted molar refractivity (Wildman–Crippen MR) is 66.4 cm³/mol. The Hall–Kier alpha value is -1.02. The van der Waals surface area contributed by atoms with Crippen molar-refractivity contribution in [2.45, 2.75) is 45.3 Å². The van der Waals surface area contributed by atoms with E-state index >= 15 is 0 Å². The maximum atomic E-state index is 6.07. The van der Waals surface area contributed by atoms with Gasteiger partial charge in [0.1, 0.15) is 5.75 Å². The third-order valence-electron chi connectivity index (χ3n) is 3.37. The van der Waals surface area contributed by atoms with Crippen LogP contribution in [-0.4, -0.2) is 6.10 Å². The molecule has 16 heavy (non-hydrogen) atoms. The Morgan fingerprint density at radius 2 is 2.12 bits per heavy atom. The van der Waals surface area contributed by atoms with E-state index in [-0.39, 0.29) is 0 Å². The van der Waals surface area contributed by atoms with Gasteiger partial charge in [0.15, 0.2) is 0 Å². The van der Waals surface area contributed by atoms with Crippen LogP contribution >= 0.6 is 0 Å². The molecule has 1 aliphatic carbocycles. The van der Waals surface area contributed by atoms with E-state index in [4.69, 9.17) is 10.5 Å². The van der Waals surface area contributed by atoms with E-state index in [1.807, 2.05) is 24.3 Å². The minimum absolute atomic E-state index is 0.386. The second-order valence-electron chi connectivity index (χ2n) is 4.82. The van der Waals surface area contributed by atoms with E-state index in [1.165, 1.54) is 25.7 Å². The molecular weight excluding hydrogens is 198 g/mol. The molecule has 0 amide bonds. The standard InChI is InChI=1S/C14H21NO/c1-11-5-4-7-13(9-11)16-14-8-3-2-6-12(14)10-15/h2-3,6,8,11,13H,4-5,7,9-10,15H2,1H3. The van der Waals surface area contributed by atoms with Gasteiger partial charge < -0.3 is 10.5 Å². The molecule has 2 nitrogen and oxygen atoms in total. The highest BCUT2D eigenvalue weighted by molar-refractivity contribution is 5.33. The average Bonchev–Trinajstić information content (AvgIpc) is 2.30. The van der Waals surface area contributed by atoms with E-state index in [0.717, 1.165) is 17.2 Å². The van der Waals surface area contributed by atoms with Gasteiger partial charge >= 0.3 is 0 Å². The van der Waals surface area contributed by atoms with Gasteiger partial charge in [-0.1, -0.05) is 31.5 Å². The molecule has 2 unspecified atom stereocenters. The second-order valence-corrected chi connectivity index (χ2v) is 4.82. The van der Waals surface area contributed by atoms with Gasteiger partial charge in [-0.25, -0.2) is 0 Å². The molecule has 0 spiro atoms. The Balaban J connectivity index is 2.02. The number of hydrogen-bond donors (Lipinski definition) is 1. The quantitative estimate of drug-likeness (QED) is 0.847. The van der Waals surface area contributed by atoms with Crippen LogP contribution < -0.4 is 10.5 Å². The van der Waals surface area contributed by atoms with Gasteiger partial charge in [0.05, 0.1) is 6.10 Å². The van der Waals surface area contributed by atoms with Gasteiger partial charge in [0, 0.05) is 12.1 Å². The van der Waals surface area contributed by atoms with Crippen molar-refractivity contribution in [2.75, 3.05) is 0 Å². The van der Waals surface area contributed by atoms with Crippen molar-refractivity contribution < 1.29 is 4.74 Å². The number of benzene rings is 1. The summed E-state index contributed by atoms with van der Waals surface area (Å²) in [5.41, 5.74) is 6.81. The molecule has 2 atom stereocenters. The van der Waals surface area contributed by atoms with Crippen LogP contribution in [0.5, 0.6) is 5.75 Å². The first kappa shape index (κ1) is 11.5. The summed E-state index contributed by atoms with van der Waals surface area (Å²) < 4.78 is 6.07. The van der Waals surface area contributed by atoms with Crippen LogP contribution in [0, 0.1) is 5.92 Å². The van der Waals surface area contributed by atoms with E-state index in [9.17, 15) is 0 Å². The second kappa shape index (κ2) is 5.35. The molecule has 88 valence electrons. The maximum Gasteiger partial charge on any atom is 0.124 e. The maximum absolute atomic E-state index is 6.07. The first-order valence-electron chi connectivity index (χ1n) is 6.24. The van der Waals surface area contributed by atoms with Gasteiger partial charge in [-0.05, 0) is 31.2 Å². The molecule has 1 saturated carbocycles. The molecule has 1 aromatic carbocycles. The summed E-state index contributed by atoms with van der Waals surface area (Å²) in [7, 11) is 0. The zero-order valence-electron chi connectivity index (χ0n) is 9.99. The molecule has 2 rings (SSSR count). The highest BCUT2D eigenvalue weighted by Gasteiger charge is 2.20. The van der Waals surface area contributed by atoms with Gasteiger partial charge in [-0.2, -0.15) is 0 Å². The third kappa shape index (κ3) is 2.76. The predicted octanol–water partition coefficient (Wildman–Crippen LogP) is 3.10. The Morgan fingerprint density at radius 3 is 2.88 bits per heavy atom. The summed E-state index contributed by atoms with van der Waals surface area (Å²) in [4.78, 5) is 0. The lowest BCUT2D eigenvalue weighted by molar-refractivity contribution is 0.128. The zero-order valence-corrected chi connectivity index (χ0v) is 9.99. The Kier molecular flexibility index (Phi) is 3.83. The van der Waals surface area contributed by atoms with Crippen LogP contribution in [0.15, 0.2) is 24.3 Å². The van der Waals surface area contributed by atoms with Crippen molar-refractivity contribution in [3.05, 3.63) is 29.8 Å². The zero-order chi connectivity index (χ0) is 11.4. The van der Waals surface area contributed by atoms with Crippen LogP contribution in [0.25, 0.3) is 0 Å². The number of hydrogen-bond acceptors (Lipinski definition) is 2. The lowest BCUT2D eigenvalue weighted by Crippen LogP contribution is -2.24. The number of rotatable bonds is 3. The van der Waals surface area contributed by atoms with Crippen molar-refractivity contribution in [3.63, 3.8) is 0 Å². The fraction of sp³-hybridized carbons (Fsp3) is 0.571. The van der Waals surface area contributed by atoms with E-state index in [1.54, 1.807) is 0 Å². The minimum atomic E-state index is 0.386. The molecule has 2 N–H and O–H groups in total. The number of para-hydroxylation sites is 1. The number of ether oxygens (including phenoxy) is 1. The fourth-order valence-electron chi connectivity index (χ4n) is 2.45. The van der Waals surface area contributed by atoms with Crippen molar-refractivity contribution >= 4 is 0 Å². The Morgan fingerprint density at radius 1 is 1.31 bits per heavy atom. The summed E-state index contributed by atoms with van der Waals surface area (Å²) in [6.07, 6.45) is 5.38. The normalized spacial score (nSPS) is 25.4. The molecule has 0 radical (unpaired) electrons. The van der Waals surface area contributed by atoms with Crippen LogP contribution in [0.1, 0.15) is 38.2 Å². The summed E-state index contributed by atoms with van der Waals surface area (Å²) in [6.45, 7) is 2.86. The summed E-state index contributed by atoms with van der Waals surface area (Å²) >= 11 is 0. The SMILES string of the molecule is CC1CCCC(Oc2ccccc2CN)C1. The minimum Gasteiger partial charge on any atom is -0.490 e. The lowest BCUT2D eigenvalue weighted by atomic mass is 9.88. The topological polar surface area (TPSA) is 35.2 Å². The highest BCUT2D eigenvalue weighted by Crippen LogP contribution is 2.28. The van der Waals surface area contributed by atoms with Crippen molar-refractivity contribution in [1.29, 1.82) is 0 Å². The largest absolute Gasteiger partial charge is 0.490 e. The molecule has 1 fully saturated rings. The Labute approximate surface area is 97.8 Å². The smallest absolute Gasteiger partial charge is 0.124 e. The van der Waals surface area contributed by atoms with Crippen LogP contribution in [0.4, 0.5) is 0 Å². The average molecular weight is 219 g/mol. The molecule has 0 saturated heterocycles. The molecule has 0 bridgehead atoms. The summed E-state index contributed by atoms with van der Waals surface area (Å²) in [5.74, 6) is 1.77. The molecule has 0 aromatic heterocycles. The molecule has 1 aromatic rings. The van der Waals surface area contributed by atoms with Crippen molar-refractivity contribution in [1.82, 2.24) is 0 Å². The lowest BCUT2D eigenvalue weighted by Gasteiger charge is -2.28. The molecule has 1 aliphatic rings. The summed E-state index contributed by atoms with van der Waals surface area (Å²) in [5, 5.41) is 0. The first-order valence-corrected chi connectivity index (χ1v) is 6.24. The highest BCUT2D eigenvalue weighted by atomic mass is 16.5. The monoisotopic (exact) mass is 219 g/mol. The number of nitrogens with two attached hydrogens (primary N) is 1. The Bertz CT molecular complexity index is 337. The van der Waals surface area contributed by atoms with E-state index in [2.05, 4.69) is 6.92 Å². The molecule has 0 heterocycles. The van der Waals surface area contributed by atoms with Crippen molar-refractivity contribution in [2.24, 2.45) is 11.7 Å². The van der Waals surface area contributed by atoms with E-state index in [0.29, 0.717) is 12.6 Å². The van der Waals surface area contributed by atoms with Crippen LogP contribution in [0.2, 0.25) is 0 Å². The van der Waals surface area contributed by atoms with Crippen LogP contribution in [-0.2, 0) is 6.54 Å². The van der Waals surface area contributed by atoms with Gasteiger partial charge in [-0.15, -0.1) is 0 Å². The molecule has 2 heteroatoms. The third-order valence-corrected chi connectivity index (χ3v) is 3.37. The van der Waals surface area contributed by atoms with Gasteiger partial charge in [-0.3, -0.25) is 0 Å². The van der Waals surface area contributed by atoms with Crippen LogP contribution in [0.3, 0.4) is 0 Å². The first-order chi connectivity index (χ1) is 7.79. The molecule has 0 aliphatic heterocycles. The van der Waals surface area contributed by atoms with Gasteiger partial charge in [0.2, 0.25) is 0 Å². The van der Waals surface area contributed by atoms with E-state index < -0.39 is 0 Å².